The van der Waals surface area contributed by atoms with Gasteiger partial charge in [-0.15, -0.1) is 0 Å². The van der Waals surface area contributed by atoms with Crippen molar-refractivity contribution in [3.63, 3.8) is 0 Å². The molecule has 0 N–H and O–H groups in total. The lowest BCUT2D eigenvalue weighted by Crippen LogP contribution is -2.48. The number of piperazine rings is 1. The molecular weight excluding hydrogens is 396 g/mol. The fraction of sp³-hybridized carbons (Fsp3) is 0.208. The maximum atomic E-state index is 13.3. The van der Waals surface area contributed by atoms with Gasteiger partial charge >= 0.3 is 0 Å². The molecule has 30 heavy (non-hydrogen) atoms. The summed E-state index contributed by atoms with van der Waals surface area (Å²) in [5, 5.41) is 0.750. The van der Waals surface area contributed by atoms with Crippen LogP contribution in [0.3, 0.4) is 0 Å². The summed E-state index contributed by atoms with van der Waals surface area (Å²) < 4.78 is 0. The monoisotopic (exact) mass is 416 g/mol. The molecule has 0 unspecified atom stereocenters. The first-order chi connectivity index (χ1) is 14.7. The Balaban J connectivity index is 1.33. The molecule has 5 rings (SSSR count). The number of amides is 1. The Morgan fingerprint density at radius 3 is 2.20 bits per heavy atom. The number of rotatable bonds is 3. The molecule has 3 aromatic carbocycles. The Morgan fingerprint density at radius 2 is 1.47 bits per heavy atom. The Kier molecular flexibility index (Phi) is 5.07. The molecule has 6 heteroatoms. The number of para-hydroxylation sites is 3. The first-order valence-electron chi connectivity index (χ1n) is 10.1. The number of carbonyl (C=O) groups is 1. The molecule has 1 fully saturated rings. The molecule has 0 saturated carbocycles. The van der Waals surface area contributed by atoms with E-state index in [2.05, 4.69) is 22.0 Å². The lowest BCUT2D eigenvalue weighted by atomic mass is 10.1. The zero-order chi connectivity index (χ0) is 20.5. The van der Waals surface area contributed by atoms with Crippen molar-refractivity contribution in [1.82, 2.24) is 19.8 Å². The van der Waals surface area contributed by atoms with Gasteiger partial charge < -0.3 is 4.90 Å². The minimum atomic E-state index is 0.0244. The van der Waals surface area contributed by atoms with Gasteiger partial charge in [0.2, 0.25) is 0 Å². The summed E-state index contributed by atoms with van der Waals surface area (Å²) >= 11 is 5.97. The second-order valence-electron chi connectivity index (χ2n) is 7.58. The smallest absolute Gasteiger partial charge is 0.256 e. The predicted molar refractivity (Wildman–Crippen MR) is 120 cm³/mol. The summed E-state index contributed by atoms with van der Waals surface area (Å²) in [5.74, 6) is 0.0244. The van der Waals surface area contributed by atoms with E-state index < -0.39 is 0 Å². The van der Waals surface area contributed by atoms with Gasteiger partial charge in [-0.25, -0.2) is 9.97 Å². The van der Waals surface area contributed by atoms with Crippen molar-refractivity contribution in [3.8, 4) is 0 Å². The molecule has 0 bridgehead atoms. The van der Waals surface area contributed by atoms with E-state index in [0.29, 0.717) is 24.2 Å². The van der Waals surface area contributed by atoms with Gasteiger partial charge in [0.1, 0.15) is 5.52 Å². The molecule has 0 radical (unpaired) electrons. The summed E-state index contributed by atoms with van der Waals surface area (Å²) in [6, 6.07) is 21.4. The molecule has 0 aliphatic carbocycles. The SMILES string of the molecule is O=C(c1cccc2nc3ccccc3nc12)N1CCN(Cc2ccc(Cl)cc2)CC1. The predicted octanol–water partition coefficient (Wildman–Crippen LogP) is 4.39. The van der Waals surface area contributed by atoms with Crippen LogP contribution in [0.1, 0.15) is 15.9 Å². The number of benzene rings is 3. The van der Waals surface area contributed by atoms with Crippen molar-refractivity contribution in [2.45, 2.75) is 6.54 Å². The zero-order valence-electron chi connectivity index (χ0n) is 16.5. The van der Waals surface area contributed by atoms with E-state index in [1.807, 2.05) is 59.5 Å². The standard InChI is InChI=1S/C24H21ClN4O/c25-18-10-8-17(9-11-18)16-28-12-14-29(15-13-28)24(30)19-4-3-7-22-23(19)27-21-6-2-1-5-20(21)26-22/h1-11H,12-16H2. The first kappa shape index (κ1) is 19.0. The van der Waals surface area contributed by atoms with Crippen molar-refractivity contribution in [2.24, 2.45) is 0 Å². The molecule has 0 atom stereocenters. The lowest BCUT2D eigenvalue weighted by molar-refractivity contribution is 0.0630. The summed E-state index contributed by atoms with van der Waals surface area (Å²) in [5.41, 5.74) is 4.92. The Hall–Kier alpha value is -3.02. The average molecular weight is 417 g/mol. The maximum absolute atomic E-state index is 13.3. The van der Waals surface area contributed by atoms with Crippen LogP contribution in [-0.2, 0) is 6.54 Å². The summed E-state index contributed by atoms with van der Waals surface area (Å²) in [6.45, 7) is 3.94. The third-order valence-electron chi connectivity index (χ3n) is 5.58. The highest BCUT2D eigenvalue weighted by atomic mass is 35.5. The summed E-state index contributed by atoms with van der Waals surface area (Å²) in [4.78, 5) is 27.0. The second kappa shape index (κ2) is 8.01. The van der Waals surface area contributed by atoms with Crippen LogP contribution in [0.25, 0.3) is 22.1 Å². The number of halogens is 1. The number of hydrogen-bond acceptors (Lipinski definition) is 4. The second-order valence-corrected chi connectivity index (χ2v) is 8.02. The number of fused-ring (bicyclic) bond motifs is 2. The van der Waals surface area contributed by atoms with Gasteiger partial charge in [0.05, 0.1) is 22.1 Å². The molecular formula is C24H21ClN4O. The highest BCUT2D eigenvalue weighted by molar-refractivity contribution is 6.30. The fourth-order valence-corrected chi connectivity index (χ4v) is 4.07. The van der Waals surface area contributed by atoms with Gasteiger partial charge in [-0.2, -0.15) is 0 Å². The third-order valence-corrected chi connectivity index (χ3v) is 5.83. The minimum absolute atomic E-state index is 0.0244. The van der Waals surface area contributed by atoms with Crippen LogP contribution in [0.15, 0.2) is 66.7 Å². The van der Waals surface area contributed by atoms with Gasteiger partial charge in [-0.3, -0.25) is 9.69 Å². The quantitative estimate of drug-likeness (QED) is 0.464. The van der Waals surface area contributed by atoms with Crippen LogP contribution in [0.2, 0.25) is 5.02 Å². The fourth-order valence-electron chi connectivity index (χ4n) is 3.94. The topological polar surface area (TPSA) is 49.3 Å². The van der Waals surface area contributed by atoms with E-state index in [0.717, 1.165) is 41.2 Å². The van der Waals surface area contributed by atoms with Crippen molar-refractivity contribution in [2.75, 3.05) is 26.2 Å². The van der Waals surface area contributed by atoms with Gasteiger partial charge in [-0.05, 0) is 42.0 Å². The number of carbonyl (C=O) groups excluding carboxylic acids is 1. The first-order valence-corrected chi connectivity index (χ1v) is 10.5. The van der Waals surface area contributed by atoms with E-state index in [1.54, 1.807) is 0 Å². The number of hydrogen-bond donors (Lipinski definition) is 0. The Labute approximate surface area is 179 Å². The normalized spacial score (nSPS) is 15.0. The molecule has 4 aromatic rings. The number of nitrogens with zero attached hydrogens (tertiary/aromatic N) is 4. The Bertz CT molecular complexity index is 1220. The maximum Gasteiger partial charge on any atom is 0.256 e. The van der Waals surface area contributed by atoms with Gasteiger partial charge in [0, 0.05) is 37.7 Å². The van der Waals surface area contributed by atoms with Crippen LogP contribution >= 0.6 is 11.6 Å². The molecule has 2 heterocycles. The molecule has 0 spiro atoms. The van der Waals surface area contributed by atoms with Crippen LogP contribution in [0.5, 0.6) is 0 Å². The van der Waals surface area contributed by atoms with Gasteiger partial charge in [-0.1, -0.05) is 41.9 Å². The largest absolute Gasteiger partial charge is 0.336 e. The Morgan fingerprint density at radius 1 is 0.800 bits per heavy atom. The van der Waals surface area contributed by atoms with Crippen LogP contribution in [0.4, 0.5) is 0 Å². The van der Waals surface area contributed by atoms with Gasteiger partial charge in [0.15, 0.2) is 0 Å². The molecule has 5 nitrogen and oxygen atoms in total. The molecule has 1 aliphatic rings. The summed E-state index contributed by atoms with van der Waals surface area (Å²) in [7, 11) is 0. The van der Waals surface area contributed by atoms with E-state index in [1.165, 1.54) is 5.56 Å². The van der Waals surface area contributed by atoms with E-state index in [-0.39, 0.29) is 5.91 Å². The average Bonchev–Trinajstić information content (AvgIpc) is 2.79. The highest BCUT2D eigenvalue weighted by Crippen LogP contribution is 2.21. The zero-order valence-corrected chi connectivity index (χ0v) is 17.2. The highest BCUT2D eigenvalue weighted by Gasteiger charge is 2.24. The lowest BCUT2D eigenvalue weighted by Gasteiger charge is -2.35. The minimum Gasteiger partial charge on any atom is -0.336 e. The molecule has 1 aliphatic heterocycles. The van der Waals surface area contributed by atoms with Crippen LogP contribution in [0, 0.1) is 0 Å². The van der Waals surface area contributed by atoms with Crippen LogP contribution in [-0.4, -0.2) is 51.9 Å². The molecule has 1 aromatic heterocycles. The van der Waals surface area contributed by atoms with Crippen molar-refractivity contribution < 1.29 is 4.79 Å². The molecule has 150 valence electrons. The molecule has 1 saturated heterocycles. The van der Waals surface area contributed by atoms with E-state index in [9.17, 15) is 4.79 Å². The molecule has 1 amide bonds. The van der Waals surface area contributed by atoms with Crippen molar-refractivity contribution in [1.29, 1.82) is 0 Å². The number of aromatic nitrogens is 2. The third kappa shape index (κ3) is 3.74. The van der Waals surface area contributed by atoms with Gasteiger partial charge in [0.25, 0.3) is 5.91 Å². The van der Waals surface area contributed by atoms with Crippen molar-refractivity contribution >= 4 is 39.6 Å². The van der Waals surface area contributed by atoms with Crippen molar-refractivity contribution in [3.05, 3.63) is 82.9 Å². The van der Waals surface area contributed by atoms with E-state index in [4.69, 9.17) is 16.6 Å². The van der Waals surface area contributed by atoms with E-state index >= 15 is 0 Å². The van der Waals surface area contributed by atoms with Crippen LogP contribution < -0.4 is 0 Å². The summed E-state index contributed by atoms with van der Waals surface area (Å²) in [6.07, 6.45) is 0.